The lowest BCUT2D eigenvalue weighted by Gasteiger charge is -2.19. The number of phenols is 1. The third-order valence-electron chi connectivity index (χ3n) is 4.06. The molecule has 0 aliphatic heterocycles. The first-order chi connectivity index (χ1) is 12.1. The summed E-state index contributed by atoms with van der Waals surface area (Å²) in [6, 6.07) is 4.91. The Morgan fingerprint density at radius 3 is 2.28 bits per heavy atom. The lowest BCUT2D eigenvalue weighted by molar-refractivity contribution is 0.174. The van der Waals surface area contributed by atoms with E-state index >= 15 is 0 Å². The first-order valence-corrected chi connectivity index (χ1v) is 8.56. The average molecular weight is 346 g/mol. The molecule has 0 aliphatic carbocycles. The molecule has 25 heavy (non-hydrogen) atoms. The van der Waals surface area contributed by atoms with E-state index in [9.17, 15) is 5.11 Å². The van der Waals surface area contributed by atoms with Crippen molar-refractivity contribution in [2.24, 2.45) is 0 Å². The summed E-state index contributed by atoms with van der Waals surface area (Å²) < 4.78 is 16.8. The predicted octanol–water partition coefficient (Wildman–Crippen LogP) is 4.00. The zero-order valence-corrected chi connectivity index (χ0v) is 15.5. The molecule has 0 saturated carbocycles. The number of hydrogen-bond acceptors (Lipinski definition) is 6. The molecule has 0 amide bonds. The minimum atomic E-state index is 0.0713. The Kier molecular flexibility index (Phi) is 6.44. The van der Waals surface area contributed by atoms with Gasteiger partial charge in [0, 0.05) is 11.6 Å². The van der Waals surface area contributed by atoms with Crippen LogP contribution in [0.5, 0.6) is 23.3 Å². The number of phenolic OH excluding ortho intramolecular Hbond substituents is 1. The molecule has 0 atom stereocenters. The SMILES string of the molecule is CCc1nc(OC(CC)CC)c(OC)nc1-c1ccc(O)cc1OC. The van der Waals surface area contributed by atoms with E-state index in [1.54, 1.807) is 32.4 Å². The Balaban J connectivity index is 2.56. The largest absolute Gasteiger partial charge is 0.508 e. The molecule has 0 aliphatic rings. The number of aromatic nitrogens is 2. The Hall–Kier alpha value is -2.50. The van der Waals surface area contributed by atoms with E-state index in [-0.39, 0.29) is 11.9 Å². The highest BCUT2D eigenvalue weighted by molar-refractivity contribution is 5.71. The first kappa shape index (κ1) is 18.8. The molecule has 136 valence electrons. The van der Waals surface area contributed by atoms with Gasteiger partial charge in [-0.25, -0.2) is 9.97 Å². The molecule has 6 nitrogen and oxygen atoms in total. The Labute approximate surface area is 148 Å². The number of hydrogen-bond donors (Lipinski definition) is 1. The van der Waals surface area contributed by atoms with Crippen LogP contribution in [0.3, 0.4) is 0 Å². The Morgan fingerprint density at radius 2 is 1.72 bits per heavy atom. The highest BCUT2D eigenvalue weighted by Crippen LogP contribution is 2.36. The molecule has 1 heterocycles. The molecular formula is C19H26N2O4. The van der Waals surface area contributed by atoms with E-state index in [1.807, 2.05) is 6.92 Å². The monoisotopic (exact) mass is 346 g/mol. The van der Waals surface area contributed by atoms with Crippen LogP contribution in [0, 0.1) is 0 Å². The van der Waals surface area contributed by atoms with Crippen LogP contribution >= 0.6 is 0 Å². The van der Waals surface area contributed by atoms with Gasteiger partial charge in [0.2, 0.25) is 0 Å². The van der Waals surface area contributed by atoms with Crippen molar-refractivity contribution in [3.05, 3.63) is 23.9 Å². The Bertz CT molecular complexity index is 715. The van der Waals surface area contributed by atoms with Gasteiger partial charge in [0.05, 0.1) is 25.6 Å². The second kappa shape index (κ2) is 8.55. The minimum Gasteiger partial charge on any atom is -0.508 e. The summed E-state index contributed by atoms with van der Waals surface area (Å²) >= 11 is 0. The maximum atomic E-state index is 9.68. The lowest BCUT2D eigenvalue weighted by Crippen LogP contribution is -2.16. The number of ether oxygens (including phenoxy) is 3. The molecule has 0 saturated heterocycles. The predicted molar refractivity (Wildman–Crippen MR) is 96.6 cm³/mol. The summed E-state index contributed by atoms with van der Waals surface area (Å²) in [5.41, 5.74) is 2.19. The van der Waals surface area contributed by atoms with E-state index < -0.39 is 0 Å². The van der Waals surface area contributed by atoms with Crippen LogP contribution in [-0.2, 0) is 6.42 Å². The van der Waals surface area contributed by atoms with Crippen LogP contribution < -0.4 is 14.2 Å². The smallest absolute Gasteiger partial charge is 0.278 e. The van der Waals surface area contributed by atoms with Crippen molar-refractivity contribution in [1.29, 1.82) is 0 Å². The molecule has 0 unspecified atom stereocenters. The highest BCUT2D eigenvalue weighted by atomic mass is 16.5. The summed E-state index contributed by atoms with van der Waals surface area (Å²) in [6.45, 7) is 6.16. The maximum absolute atomic E-state index is 9.68. The minimum absolute atomic E-state index is 0.0713. The van der Waals surface area contributed by atoms with Crippen LogP contribution in [0.25, 0.3) is 11.3 Å². The second-order valence-electron chi connectivity index (χ2n) is 5.63. The summed E-state index contributed by atoms with van der Waals surface area (Å²) in [4.78, 5) is 9.26. The van der Waals surface area contributed by atoms with Gasteiger partial charge in [-0.1, -0.05) is 20.8 Å². The molecule has 1 N–H and O–H groups in total. The van der Waals surface area contributed by atoms with Crippen molar-refractivity contribution in [3.8, 4) is 34.5 Å². The molecule has 6 heteroatoms. The molecule has 0 spiro atoms. The standard InChI is InChI=1S/C19H26N2O4/c1-6-13(7-2)25-19-18(24-5)21-17(15(8-3)20-19)14-10-9-12(22)11-16(14)23-4/h9-11,13,22H,6-8H2,1-5H3. The van der Waals surface area contributed by atoms with E-state index in [2.05, 4.69) is 23.8 Å². The van der Waals surface area contributed by atoms with Gasteiger partial charge in [-0.05, 0) is 31.4 Å². The average Bonchev–Trinajstić information content (AvgIpc) is 2.65. The normalized spacial score (nSPS) is 10.8. The molecular weight excluding hydrogens is 320 g/mol. The molecule has 2 aromatic rings. The summed E-state index contributed by atoms with van der Waals surface area (Å²) in [6.07, 6.45) is 2.52. The van der Waals surface area contributed by atoms with Crippen LogP contribution in [-0.4, -0.2) is 35.4 Å². The number of nitrogens with zero attached hydrogens (tertiary/aromatic N) is 2. The number of aromatic hydroxyl groups is 1. The van der Waals surface area contributed by atoms with Crippen LogP contribution in [0.4, 0.5) is 0 Å². The zero-order chi connectivity index (χ0) is 18.4. The van der Waals surface area contributed by atoms with Crippen LogP contribution in [0.15, 0.2) is 18.2 Å². The first-order valence-electron chi connectivity index (χ1n) is 8.56. The van der Waals surface area contributed by atoms with Crippen LogP contribution in [0.2, 0.25) is 0 Å². The third kappa shape index (κ3) is 4.13. The summed E-state index contributed by atoms with van der Waals surface area (Å²) in [7, 11) is 3.10. The van der Waals surface area contributed by atoms with Gasteiger partial charge < -0.3 is 19.3 Å². The van der Waals surface area contributed by atoms with Gasteiger partial charge in [-0.2, -0.15) is 0 Å². The van der Waals surface area contributed by atoms with Crippen LogP contribution in [0.1, 0.15) is 39.3 Å². The Morgan fingerprint density at radius 1 is 1.00 bits per heavy atom. The molecule has 1 aromatic carbocycles. The lowest BCUT2D eigenvalue weighted by atomic mass is 10.1. The van der Waals surface area contributed by atoms with Gasteiger partial charge in [0.1, 0.15) is 17.6 Å². The van der Waals surface area contributed by atoms with Gasteiger partial charge in [-0.3, -0.25) is 0 Å². The van der Waals surface area contributed by atoms with E-state index in [0.29, 0.717) is 29.6 Å². The molecule has 0 radical (unpaired) electrons. The third-order valence-corrected chi connectivity index (χ3v) is 4.06. The van der Waals surface area contributed by atoms with Crippen molar-refractivity contribution in [1.82, 2.24) is 9.97 Å². The highest BCUT2D eigenvalue weighted by Gasteiger charge is 2.20. The second-order valence-corrected chi connectivity index (χ2v) is 5.63. The number of rotatable bonds is 8. The van der Waals surface area contributed by atoms with Crippen molar-refractivity contribution in [3.63, 3.8) is 0 Å². The summed E-state index contributed by atoms with van der Waals surface area (Å²) in [5, 5.41) is 9.68. The number of aryl methyl sites for hydroxylation is 1. The van der Waals surface area contributed by atoms with Gasteiger partial charge in [0.25, 0.3) is 11.8 Å². The van der Waals surface area contributed by atoms with Gasteiger partial charge in [-0.15, -0.1) is 0 Å². The van der Waals surface area contributed by atoms with E-state index in [1.165, 1.54) is 0 Å². The van der Waals surface area contributed by atoms with E-state index in [4.69, 9.17) is 14.2 Å². The van der Waals surface area contributed by atoms with Gasteiger partial charge >= 0.3 is 0 Å². The molecule has 2 rings (SSSR count). The van der Waals surface area contributed by atoms with Crippen molar-refractivity contribution in [2.45, 2.75) is 46.1 Å². The summed E-state index contributed by atoms with van der Waals surface area (Å²) in [5.74, 6) is 1.41. The quantitative estimate of drug-likeness (QED) is 0.779. The fourth-order valence-corrected chi connectivity index (χ4v) is 2.60. The maximum Gasteiger partial charge on any atom is 0.278 e. The van der Waals surface area contributed by atoms with Gasteiger partial charge in [0.15, 0.2) is 0 Å². The topological polar surface area (TPSA) is 73.7 Å². The fraction of sp³-hybridized carbons (Fsp3) is 0.474. The molecule has 1 aromatic heterocycles. The van der Waals surface area contributed by atoms with Crippen molar-refractivity contribution >= 4 is 0 Å². The van der Waals surface area contributed by atoms with Crippen molar-refractivity contribution < 1.29 is 19.3 Å². The van der Waals surface area contributed by atoms with E-state index in [0.717, 1.165) is 24.1 Å². The number of methoxy groups -OCH3 is 2. The van der Waals surface area contributed by atoms with Crippen molar-refractivity contribution in [2.75, 3.05) is 14.2 Å². The molecule has 0 fully saturated rings. The molecule has 0 bridgehead atoms. The number of benzene rings is 1. The fourth-order valence-electron chi connectivity index (χ4n) is 2.60. The zero-order valence-electron chi connectivity index (χ0n) is 15.5.